The summed E-state index contributed by atoms with van der Waals surface area (Å²) in [4.78, 5) is 11.9. The lowest BCUT2D eigenvalue weighted by Gasteiger charge is -2.11. The van der Waals surface area contributed by atoms with Gasteiger partial charge in [-0.15, -0.1) is 11.8 Å². The van der Waals surface area contributed by atoms with Gasteiger partial charge in [0.15, 0.2) is 0 Å². The highest BCUT2D eigenvalue weighted by Crippen LogP contribution is 2.27. The molecule has 5 nitrogen and oxygen atoms in total. The van der Waals surface area contributed by atoms with Gasteiger partial charge in [0.05, 0.1) is 11.9 Å². The minimum absolute atomic E-state index is 0.282. The Labute approximate surface area is 122 Å². The van der Waals surface area contributed by atoms with Gasteiger partial charge in [-0.1, -0.05) is 12.1 Å². The SMILES string of the molecule is Cc1c(CNc2ccccc2SCC(N)=O)cnn1C. The largest absolute Gasteiger partial charge is 0.380 e. The lowest BCUT2D eigenvalue weighted by atomic mass is 10.2. The lowest BCUT2D eigenvalue weighted by Crippen LogP contribution is -2.13. The quantitative estimate of drug-likeness (QED) is 0.797. The minimum atomic E-state index is -0.312. The van der Waals surface area contributed by atoms with Gasteiger partial charge in [0, 0.05) is 35.4 Å². The van der Waals surface area contributed by atoms with Crippen LogP contribution in [0.3, 0.4) is 0 Å². The molecule has 0 bridgehead atoms. The molecule has 1 aromatic carbocycles. The number of hydrogen-bond acceptors (Lipinski definition) is 4. The average molecular weight is 290 g/mol. The third kappa shape index (κ3) is 3.54. The first kappa shape index (κ1) is 14.5. The van der Waals surface area contributed by atoms with Crippen molar-refractivity contribution in [2.75, 3.05) is 11.1 Å². The van der Waals surface area contributed by atoms with Gasteiger partial charge in [-0.2, -0.15) is 5.10 Å². The van der Waals surface area contributed by atoms with Crippen LogP contribution < -0.4 is 11.1 Å². The number of carbonyl (C=O) groups excluding carboxylic acids is 1. The Morgan fingerprint density at radius 1 is 1.45 bits per heavy atom. The third-order valence-corrected chi connectivity index (χ3v) is 4.16. The van der Waals surface area contributed by atoms with Crippen molar-refractivity contribution in [3.63, 3.8) is 0 Å². The Morgan fingerprint density at radius 3 is 2.85 bits per heavy atom. The third-order valence-electron chi connectivity index (χ3n) is 3.06. The van der Waals surface area contributed by atoms with E-state index in [1.807, 2.05) is 49.1 Å². The van der Waals surface area contributed by atoms with E-state index >= 15 is 0 Å². The first-order valence-corrected chi connectivity index (χ1v) is 7.28. The van der Waals surface area contributed by atoms with Crippen molar-refractivity contribution >= 4 is 23.4 Å². The van der Waals surface area contributed by atoms with Gasteiger partial charge >= 0.3 is 0 Å². The highest BCUT2D eigenvalue weighted by atomic mass is 32.2. The number of nitrogens with two attached hydrogens (primary N) is 1. The Morgan fingerprint density at radius 2 is 2.20 bits per heavy atom. The van der Waals surface area contributed by atoms with Crippen molar-refractivity contribution in [3.05, 3.63) is 41.7 Å². The summed E-state index contributed by atoms with van der Waals surface area (Å²) in [6, 6.07) is 7.89. The van der Waals surface area contributed by atoms with E-state index in [2.05, 4.69) is 10.4 Å². The summed E-state index contributed by atoms with van der Waals surface area (Å²) in [7, 11) is 1.93. The zero-order valence-corrected chi connectivity index (χ0v) is 12.4. The van der Waals surface area contributed by atoms with E-state index in [0.29, 0.717) is 6.54 Å². The highest BCUT2D eigenvalue weighted by molar-refractivity contribution is 8.00. The highest BCUT2D eigenvalue weighted by Gasteiger charge is 2.07. The molecule has 0 aliphatic carbocycles. The first-order valence-electron chi connectivity index (χ1n) is 6.29. The van der Waals surface area contributed by atoms with Crippen LogP contribution in [-0.4, -0.2) is 21.4 Å². The Hall–Kier alpha value is -1.95. The van der Waals surface area contributed by atoms with Crippen LogP contribution in [0.2, 0.25) is 0 Å². The average Bonchev–Trinajstić information content (AvgIpc) is 2.75. The second-order valence-electron chi connectivity index (χ2n) is 4.48. The molecule has 1 amide bonds. The fourth-order valence-corrected chi connectivity index (χ4v) is 2.56. The van der Waals surface area contributed by atoms with E-state index in [1.54, 1.807) is 0 Å². The number of amides is 1. The Bertz CT molecular complexity index is 609. The van der Waals surface area contributed by atoms with E-state index in [0.717, 1.165) is 21.8 Å². The van der Waals surface area contributed by atoms with Crippen molar-refractivity contribution in [1.29, 1.82) is 0 Å². The molecule has 2 rings (SSSR count). The van der Waals surface area contributed by atoms with Gasteiger partial charge in [0.2, 0.25) is 5.91 Å². The second kappa shape index (κ2) is 6.47. The fourth-order valence-electron chi connectivity index (χ4n) is 1.80. The number of aromatic nitrogens is 2. The molecular weight excluding hydrogens is 272 g/mol. The van der Waals surface area contributed by atoms with E-state index < -0.39 is 0 Å². The number of thioether (sulfide) groups is 1. The van der Waals surface area contributed by atoms with Crippen LogP contribution >= 0.6 is 11.8 Å². The molecule has 1 aromatic heterocycles. The van der Waals surface area contributed by atoms with Gasteiger partial charge in [0.1, 0.15) is 0 Å². The summed E-state index contributed by atoms with van der Waals surface area (Å²) >= 11 is 1.44. The molecule has 1 heterocycles. The molecule has 0 saturated carbocycles. The van der Waals surface area contributed by atoms with Crippen LogP contribution in [-0.2, 0) is 18.4 Å². The number of hydrogen-bond donors (Lipinski definition) is 2. The molecule has 0 saturated heterocycles. The standard InChI is InChI=1S/C14H18N4OS/c1-10-11(8-17-18(10)2)7-16-12-5-3-4-6-13(12)20-9-14(15)19/h3-6,8,16H,7,9H2,1-2H3,(H2,15,19). The van der Waals surface area contributed by atoms with Crippen molar-refractivity contribution in [2.24, 2.45) is 12.8 Å². The van der Waals surface area contributed by atoms with Crippen molar-refractivity contribution in [2.45, 2.75) is 18.4 Å². The zero-order chi connectivity index (χ0) is 14.5. The molecule has 6 heteroatoms. The number of rotatable bonds is 6. The molecule has 0 unspecified atom stereocenters. The van der Waals surface area contributed by atoms with Crippen LogP contribution in [0, 0.1) is 6.92 Å². The van der Waals surface area contributed by atoms with Crippen molar-refractivity contribution in [1.82, 2.24) is 9.78 Å². The predicted molar refractivity (Wildman–Crippen MR) is 81.6 cm³/mol. The summed E-state index contributed by atoms with van der Waals surface area (Å²) in [5, 5.41) is 7.60. The molecule has 0 aliphatic heterocycles. The lowest BCUT2D eigenvalue weighted by molar-refractivity contribution is -0.115. The molecule has 0 aliphatic rings. The van der Waals surface area contributed by atoms with Crippen molar-refractivity contribution < 1.29 is 4.79 Å². The van der Waals surface area contributed by atoms with Crippen LogP contribution in [0.25, 0.3) is 0 Å². The predicted octanol–water partition coefficient (Wildman–Crippen LogP) is 1.92. The van der Waals surface area contributed by atoms with Crippen LogP contribution in [0.15, 0.2) is 35.4 Å². The Balaban J connectivity index is 2.05. The number of para-hydroxylation sites is 1. The maximum Gasteiger partial charge on any atom is 0.227 e. The van der Waals surface area contributed by atoms with Gasteiger partial charge in [-0.05, 0) is 19.1 Å². The van der Waals surface area contributed by atoms with E-state index in [1.165, 1.54) is 11.8 Å². The van der Waals surface area contributed by atoms with E-state index in [9.17, 15) is 4.79 Å². The minimum Gasteiger partial charge on any atom is -0.380 e. The van der Waals surface area contributed by atoms with Gasteiger partial charge < -0.3 is 11.1 Å². The number of aryl methyl sites for hydroxylation is 1. The monoisotopic (exact) mass is 290 g/mol. The molecule has 0 spiro atoms. The number of primary amides is 1. The number of nitrogens with zero attached hydrogens (tertiary/aromatic N) is 2. The smallest absolute Gasteiger partial charge is 0.227 e. The first-order chi connectivity index (χ1) is 9.58. The van der Waals surface area contributed by atoms with Crippen LogP contribution in [0.4, 0.5) is 5.69 Å². The molecule has 0 radical (unpaired) electrons. The summed E-state index contributed by atoms with van der Waals surface area (Å²) < 4.78 is 1.85. The zero-order valence-electron chi connectivity index (χ0n) is 11.6. The number of anilines is 1. The van der Waals surface area contributed by atoms with Crippen LogP contribution in [0.5, 0.6) is 0 Å². The summed E-state index contributed by atoms with van der Waals surface area (Å²) in [5.74, 6) is -0.0298. The fraction of sp³-hybridized carbons (Fsp3) is 0.286. The summed E-state index contributed by atoms with van der Waals surface area (Å²) in [5.41, 5.74) is 8.48. The Kier molecular flexibility index (Phi) is 4.68. The van der Waals surface area contributed by atoms with Crippen LogP contribution in [0.1, 0.15) is 11.3 Å². The van der Waals surface area contributed by atoms with E-state index in [-0.39, 0.29) is 11.7 Å². The number of benzene rings is 1. The summed E-state index contributed by atoms with van der Waals surface area (Å²) in [6.07, 6.45) is 1.86. The van der Waals surface area contributed by atoms with Gasteiger partial charge in [0.25, 0.3) is 0 Å². The van der Waals surface area contributed by atoms with E-state index in [4.69, 9.17) is 5.73 Å². The normalized spacial score (nSPS) is 10.5. The number of nitrogens with one attached hydrogen (secondary N) is 1. The van der Waals surface area contributed by atoms with Gasteiger partial charge in [-0.25, -0.2) is 0 Å². The molecular formula is C14H18N4OS. The summed E-state index contributed by atoms with van der Waals surface area (Å²) in [6.45, 7) is 2.74. The maximum atomic E-state index is 10.9. The maximum absolute atomic E-state index is 10.9. The number of carbonyl (C=O) groups is 1. The van der Waals surface area contributed by atoms with Crippen molar-refractivity contribution in [3.8, 4) is 0 Å². The molecule has 2 aromatic rings. The molecule has 0 atom stereocenters. The molecule has 3 N–H and O–H groups in total. The topological polar surface area (TPSA) is 72.9 Å². The second-order valence-corrected chi connectivity index (χ2v) is 5.50. The molecule has 0 fully saturated rings. The van der Waals surface area contributed by atoms with Gasteiger partial charge in [-0.3, -0.25) is 9.48 Å². The molecule has 106 valence electrons. The molecule has 20 heavy (non-hydrogen) atoms.